The van der Waals surface area contributed by atoms with Crippen LogP contribution in [0.2, 0.25) is 0 Å². The Hall–Kier alpha value is -4.09. The van der Waals surface area contributed by atoms with E-state index in [0.717, 1.165) is 42.6 Å². The molecule has 5 rings (SSSR count). The van der Waals surface area contributed by atoms with E-state index in [9.17, 15) is 31.1 Å². The first-order valence-electron chi connectivity index (χ1n) is 9.19. The van der Waals surface area contributed by atoms with Gasteiger partial charge in [0, 0.05) is 5.56 Å². The van der Waals surface area contributed by atoms with Crippen molar-refractivity contribution >= 4 is 10.9 Å². The van der Waals surface area contributed by atoms with Gasteiger partial charge in [-0.2, -0.15) is 27.3 Å². The number of fused-ring (bicyclic) bond motifs is 2. The highest BCUT2D eigenvalue weighted by Crippen LogP contribution is 2.41. The second kappa shape index (κ2) is 7.22. The van der Waals surface area contributed by atoms with Gasteiger partial charge in [0.15, 0.2) is 11.6 Å². The Bertz CT molecular complexity index is 1480. The molecule has 1 aliphatic heterocycles. The predicted molar refractivity (Wildman–Crippen MR) is 102 cm³/mol. The minimum atomic E-state index is -4.62. The first-order chi connectivity index (χ1) is 15.6. The van der Waals surface area contributed by atoms with E-state index in [4.69, 9.17) is 9.47 Å². The Morgan fingerprint density at radius 1 is 0.970 bits per heavy atom. The maximum Gasteiger partial charge on any atom is 0.416 e. The number of hydrogen-bond acceptors (Lipinski definition) is 5. The maximum absolute atomic E-state index is 14.9. The van der Waals surface area contributed by atoms with Crippen molar-refractivity contribution in [3.05, 3.63) is 76.0 Å². The number of nitrogens with zero attached hydrogens (tertiary/aromatic N) is 3. The van der Waals surface area contributed by atoms with Gasteiger partial charge in [0.1, 0.15) is 17.0 Å². The third-order valence-electron chi connectivity index (χ3n) is 4.94. The summed E-state index contributed by atoms with van der Waals surface area (Å²) in [6, 6.07) is 5.27. The molecule has 0 bridgehead atoms. The lowest BCUT2D eigenvalue weighted by atomic mass is 10.1. The Morgan fingerprint density at radius 2 is 1.70 bits per heavy atom. The highest BCUT2D eigenvalue weighted by atomic mass is 19.4. The molecule has 2 aromatic carbocycles. The summed E-state index contributed by atoms with van der Waals surface area (Å²) in [4.78, 5) is 16.7. The van der Waals surface area contributed by atoms with Gasteiger partial charge in [0.2, 0.25) is 18.4 Å². The molecule has 2 aromatic heterocycles. The minimum Gasteiger partial charge on any atom is -0.453 e. The van der Waals surface area contributed by atoms with Crippen molar-refractivity contribution in [3.63, 3.8) is 0 Å². The molecule has 0 saturated heterocycles. The number of benzene rings is 2. The zero-order valence-electron chi connectivity index (χ0n) is 16.1. The SMILES string of the molecule is O=c1c2cc(F)cnc2c(-c2cc3c(c(F)c2F)OCO3)nn1-c1ccc(C(F)(F)F)cc1. The van der Waals surface area contributed by atoms with Crippen molar-refractivity contribution in [1.29, 1.82) is 0 Å². The molecule has 1 aliphatic rings. The molecule has 0 spiro atoms. The van der Waals surface area contributed by atoms with E-state index in [1.165, 1.54) is 0 Å². The van der Waals surface area contributed by atoms with Crippen molar-refractivity contribution in [3.8, 4) is 28.4 Å². The number of aromatic nitrogens is 3. The molecule has 0 fully saturated rings. The molecule has 12 heteroatoms. The van der Waals surface area contributed by atoms with E-state index in [-0.39, 0.29) is 34.8 Å². The molecular formula is C21H9F6N3O3. The van der Waals surface area contributed by atoms with Crippen LogP contribution in [0.3, 0.4) is 0 Å². The van der Waals surface area contributed by atoms with Crippen LogP contribution in [0.25, 0.3) is 27.8 Å². The van der Waals surface area contributed by atoms with Crippen molar-refractivity contribution in [2.45, 2.75) is 6.18 Å². The van der Waals surface area contributed by atoms with Gasteiger partial charge in [0.05, 0.1) is 22.8 Å². The van der Waals surface area contributed by atoms with Gasteiger partial charge in [-0.3, -0.25) is 9.78 Å². The molecule has 6 nitrogen and oxygen atoms in total. The van der Waals surface area contributed by atoms with Crippen molar-refractivity contribution in [2.75, 3.05) is 6.79 Å². The second-order valence-electron chi connectivity index (χ2n) is 6.95. The number of rotatable bonds is 2. The minimum absolute atomic E-state index is 0.123. The van der Waals surface area contributed by atoms with Crippen LogP contribution in [-0.4, -0.2) is 21.6 Å². The van der Waals surface area contributed by atoms with Gasteiger partial charge in [-0.15, -0.1) is 0 Å². The summed E-state index contributed by atoms with van der Waals surface area (Å²) < 4.78 is 92.6. The Balaban J connectivity index is 1.80. The molecule has 0 N–H and O–H groups in total. The van der Waals surface area contributed by atoms with Crippen molar-refractivity contribution in [1.82, 2.24) is 14.8 Å². The van der Waals surface area contributed by atoms with Gasteiger partial charge in [-0.1, -0.05) is 0 Å². The Labute approximate surface area is 179 Å². The lowest BCUT2D eigenvalue weighted by molar-refractivity contribution is -0.137. The Kier molecular flexibility index (Phi) is 4.55. The molecule has 0 atom stereocenters. The number of pyridine rings is 1. The van der Waals surface area contributed by atoms with Crippen LogP contribution >= 0.6 is 0 Å². The largest absolute Gasteiger partial charge is 0.453 e. The zero-order valence-corrected chi connectivity index (χ0v) is 16.1. The van der Waals surface area contributed by atoms with Crippen LogP contribution in [0, 0.1) is 17.5 Å². The quantitative estimate of drug-likeness (QED) is 0.405. The molecule has 168 valence electrons. The monoisotopic (exact) mass is 465 g/mol. The molecule has 0 aliphatic carbocycles. The number of ether oxygens (including phenoxy) is 2. The number of halogens is 6. The van der Waals surface area contributed by atoms with Gasteiger partial charge in [-0.25, -0.2) is 8.78 Å². The summed E-state index contributed by atoms with van der Waals surface area (Å²) in [5, 5.41) is 3.68. The van der Waals surface area contributed by atoms with Crippen LogP contribution in [0.4, 0.5) is 26.3 Å². The molecule has 33 heavy (non-hydrogen) atoms. The predicted octanol–water partition coefficient (Wildman–Crippen LogP) is 4.61. The fraction of sp³-hybridized carbons (Fsp3) is 0.0952. The van der Waals surface area contributed by atoms with Crippen LogP contribution < -0.4 is 15.0 Å². The summed E-state index contributed by atoms with van der Waals surface area (Å²) >= 11 is 0. The van der Waals surface area contributed by atoms with E-state index in [2.05, 4.69) is 10.1 Å². The lowest BCUT2D eigenvalue weighted by Gasteiger charge is -2.13. The maximum atomic E-state index is 14.9. The number of hydrogen-bond donors (Lipinski definition) is 0. The summed E-state index contributed by atoms with van der Waals surface area (Å²) in [5.74, 6) is -4.24. The lowest BCUT2D eigenvalue weighted by Crippen LogP contribution is -2.23. The van der Waals surface area contributed by atoms with E-state index >= 15 is 0 Å². The summed E-state index contributed by atoms with van der Waals surface area (Å²) in [6.45, 7) is -0.349. The highest BCUT2D eigenvalue weighted by molar-refractivity contribution is 5.91. The first kappa shape index (κ1) is 20.8. The molecule has 0 radical (unpaired) electrons. The van der Waals surface area contributed by atoms with Gasteiger partial charge < -0.3 is 9.47 Å². The normalized spacial score (nSPS) is 13.0. The van der Waals surface area contributed by atoms with Gasteiger partial charge >= 0.3 is 6.18 Å². The van der Waals surface area contributed by atoms with E-state index in [0.29, 0.717) is 4.68 Å². The molecule has 0 amide bonds. The molecule has 4 aromatic rings. The van der Waals surface area contributed by atoms with Gasteiger partial charge in [0.25, 0.3) is 5.56 Å². The molecule has 3 heterocycles. The fourth-order valence-corrected chi connectivity index (χ4v) is 3.40. The van der Waals surface area contributed by atoms with E-state index in [1.54, 1.807) is 0 Å². The topological polar surface area (TPSA) is 66.2 Å². The zero-order chi connectivity index (χ0) is 23.5. The van der Waals surface area contributed by atoms with E-state index in [1.807, 2.05) is 0 Å². The molecular weight excluding hydrogens is 456 g/mol. The van der Waals surface area contributed by atoms with Crippen LogP contribution in [0.5, 0.6) is 11.5 Å². The first-order valence-corrected chi connectivity index (χ1v) is 9.19. The summed E-state index contributed by atoms with van der Waals surface area (Å²) in [7, 11) is 0. The van der Waals surface area contributed by atoms with Crippen LogP contribution in [0.15, 0.2) is 47.4 Å². The van der Waals surface area contributed by atoms with Crippen LogP contribution in [0.1, 0.15) is 5.56 Å². The smallest absolute Gasteiger partial charge is 0.416 e. The third kappa shape index (κ3) is 3.34. The summed E-state index contributed by atoms with van der Waals surface area (Å²) in [6.07, 6.45) is -3.86. The second-order valence-corrected chi connectivity index (χ2v) is 6.95. The molecule has 0 saturated carbocycles. The average Bonchev–Trinajstić information content (AvgIpc) is 3.25. The van der Waals surface area contributed by atoms with Crippen LogP contribution in [-0.2, 0) is 6.18 Å². The van der Waals surface area contributed by atoms with Crippen molar-refractivity contribution < 1.29 is 35.8 Å². The average molecular weight is 465 g/mol. The van der Waals surface area contributed by atoms with Crippen molar-refractivity contribution in [2.24, 2.45) is 0 Å². The standard InChI is InChI=1S/C21H9F6N3O3/c22-10-5-13-17(28-7-10)18(12-6-14-19(33-8-32-14)16(24)15(12)23)29-30(20(13)31)11-3-1-9(2-4-11)21(25,26)27/h1-7H,8H2. The number of alkyl halides is 3. The fourth-order valence-electron chi connectivity index (χ4n) is 3.40. The van der Waals surface area contributed by atoms with Gasteiger partial charge in [-0.05, 0) is 36.4 Å². The summed E-state index contributed by atoms with van der Waals surface area (Å²) in [5.41, 5.74) is -3.11. The molecule has 0 unspecified atom stereocenters. The van der Waals surface area contributed by atoms with E-state index < -0.39 is 46.1 Å². The highest BCUT2D eigenvalue weighted by Gasteiger charge is 2.31. The third-order valence-corrected chi connectivity index (χ3v) is 4.94. The Morgan fingerprint density at radius 3 is 2.39 bits per heavy atom.